The predicted molar refractivity (Wildman–Crippen MR) is 97.2 cm³/mol. The van der Waals surface area contributed by atoms with Crippen molar-refractivity contribution in [3.63, 3.8) is 0 Å². The van der Waals surface area contributed by atoms with E-state index in [9.17, 15) is 9.18 Å². The lowest BCUT2D eigenvalue weighted by molar-refractivity contribution is -0.115. The van der Waals surface area contributed by atoms with E-state index in [-0.39, 0.29) is 23.7 Å². The minimum atomic E-state index is -0.334. The summed E-state index contributed by atoms with van der Waals surface area (Å²) in [6, 6.07) is 5.66. The second-order valence-corrected chi connectivity index (χ2v) is 6.43. The predicted octanol–water partition coefficient (Wildman–Crippen LogP) is 2.14. The smallest absolute Gasteiger partial charge is 0.243 e. The highest BCUT2D eigenvalue weighted by Crippen LogP contribution is 2.43. The van der Waals surface area contributed by atoms with Gasteiger partial charge in [0.1, 0.15) is 5.82 Å². The van der Waals surface area contributed by atoms with Crippen molar-refractivity contribution in [2.45, 2.75) is 25.7 Å². The van der Waals surface area contributed by atoms with Crippen LogP contribution in [0, 0.1) is 11.2 Å². The molecule has 3 N–H and O–H groups in total. The Kier molecular flexibility index (Phi) is 7.18. The summed E-state index contributed by atoms with van der Waals surface area (Å²) < 4.78 is 18.1. The van der Waals surface area contributed by atoms with Crippen LogP contribution in [-0.4, -0.2) is 45.7 Å². The van der Waals surface area contributed by atoms with Gasteiger partial charge in [-0.25, -0.2) is 4.39 Å². The number of nitrogens with zero attached hydrogens (tertiary/aromatic N) is 1. The van der Waals surface area contributed by atoms with Crippen LogP contribution in [0.25, 0.3) is 0 Å². The molecule has 7 heteroatoms. The number of guanidine groups is 1. The number of ether oxygens (including phenoxy) is 1. The third-order valence-corrected chi connectivity index (χ3v) is 4.65. The highest BCUT2D eigenvalue weighted by Gasteiger charge is 2.36. The van der Waals surface area contributed by atoms with Crippen molar-refractivity contribution < 1.29 is 13.9 Å². The number of methoxy groups -OCH3 is 1. The van der Waals surface area contributed by atoms with Crippen LogP contribution in [0.1, 0.15) is 25.7 Å². The van der Waals surface area contributed by atoms with E-state index in [1.165, 1.54) is 43.5 Å². The lowest BCUT2D eigenvalue weighted by Gasteiger charge is -2.42. The number of aliphatic imine (C=N–C) groups is 1. The zero-order valence-corrected chi connectivity index (χ0v) is 14.9. The molecule has 0 radical (unpaired) electrons. The summed E-state index contributed by atoms with van der Waals surface area (Å²) in [5, 5.41) is 9.00. The standard InChI is InChI=1S/C18H27FN4O2/c1-20-17(22-13-18(8-3-9-18)10-11-25-2)21-12-16(24)23-15-6-4-14(19)5-7-15/h4-7H,3,8-13H2,1-2H3,(H,23,24)(H2,20,21,22). The largest absolute Gasteiger partial charge is 0.385 e. The number of hydrogen-bond acceptors (Lipinski definition) is 3. The van der Waals surface area contributed by atoms with E-state index in [4.69, 9.17) is 4.74 Å². The summed E-state index contributed by atoms with van der Waals surface area (Å²) in [6.07, 6.45) is 4.65. The molecule has 0 unspecified atom stereocenters. The first kappa shape index (κ1) is 19.2. The summed E-state index contributed by atoms with van der Waals surface area (Å²) in [4.78, 5) is 16.1. The van der Waals surface area contributed by atoms with Crippen LogP contribution in [-0.2, 0) is 9.53 Å². The molecular weight excluding hydrogens is 323 g/mol. The van der Waals surface area contributed by atoms with Crippen LogP contribution < -0.4 is 16.0 Å². The van der Waals surface area contributed by atoms with Gasteiger partial charge >= 0.3 is 0 Å². The van der Waals surface area contributed by atoms with E-state index in [0.29, 0.717) is 11.6 Å². The Balaban J connectivity index is 1.74. The molecule has 0 aromatic heterocycles. The Bertz CT molecular complexity index is 585. The molecule has 0 saturated heterocycles. The molecule has 1 aromatic rings. The number of nitrogens with one attached hydrogen (secondary N) is 3. The van der Waals surface area contributed by atoms with Gasteiger partial charge in [0.15, 0.2) is 5.96 Å². The van der Waals surface area contributed by atoms with Crippen molar-refractivity contribution >= 4 is 17.6 Å². The van der Waals surface area contributed by atoms with Crippen LogP contribution in [0.4, 0.5) is 10.1 Å². The van der Waals surface area contributed by atoms with E-state index in [1.807, 2.05) is 0 Å². The minimum Gasteiger partial charge on any atom is -0.385 e. The van der Waals surface area contributed by atoms with Gasteiger partial charge in [-0.3, -0.25) is 9.79 Å². The monoisotopic (exact) mass is 350 g/mol. The van der Waals surface area contributed by atoms with Crippen LogP contribution in [0.3, 0.4) is 0 Å². The topological polar surface area (TPSA) is 74.8 Å². The number of amides is 1. The molecular formula is C18H27FN4O2. The number of hydrogen-bond donors (Lipinski definition) is 3. The van der Waals surface area contributed by atoms with E-state index in [0.717, 1.165) is 19.6 Å². The van der Waals surface area contributed by atoms with Gasteiger partial charge < -0.3 is 20.7 Å². The van der Waals surface area contributed by atoms with Crippen molar-refractivity contribution in [3.8, 4) is 0 Å². The summed E-state index contributed by atoms with van der Waals surface area (Å²) in [6.45, 7) is 1.66. The van der Waals surface area contributed by atoms with Gasteiger partial charge in [-0.15, -0.1) is 0 Å². The van der Waals surface area contributed by atoms with Gasteiger partial charge in [-0.1, -0.05) is 6.42 Å². The van der Waals surface area contributed by atoms with Gasteiger partial charge in [-0.2, -0.15) is 0 Å². The molecule has 1 aliphatic carbocycles. The average molecular weight is 350 g/mol. The molecule has 0 aliphatic heterocycles. The molecule has 1 amide bonds. The van der Waals surface area contributed by atoms with Crippen LogP contribution >= 0.6 is 0 Å². The lowest BCUT2D eigenvalue weighted by Crippen LogP contribution is -2.48. The highest BCUT2D eigenvalue weighted by molar-refractivity contribution is 5.94. The maximum atomic E-state index is 12.9. The fourth-order valence-electron chi connectivity index (χ4n) is 2.90. The Morgan fingerprint density at radius 1 is 1.28 bits per heavy atom. The molecule has 1 fully saturated rings. The molecule has 2 rings (SSSR count). The first-order chi connectivity index (χ1) is 12.1. The third kappa shape index (κ3) is 6.01. The highest BCUT2D eigenvalue weighted by atomic mass is 19.1. The molecule has 25 heavy (non-hydrogen) atoms. The lowest BCUT2D eigenvalue weighted by atomic mass is 9.67. The van der Waals surface area contributed by atoms with Gasteiger partial charge in [0.2, 0.25) is 5.91 Å². The van der Waals surface area contributed by atoms with Crippen molar-refractivity contribution in [2.75, 3.05) is 39.2 Å². The van der Waals surface area contributed by atoms with E-state index in [1.54, 1.807) is 14.2 Å². The number of carbonyl (C=O) groups excluding carboxylic acids is 1. The number of benzene rings is 1. The molecule has 138 valence electrons. The van der Waals surface area contributed by atoms with Crippen LogP contribution in [0.15, 0.2) is 29.3 Å². The van der Waals surface area contributed by atoms with Gasteiger partial charge in [0, 0.05) is 33.0 Å². The summed E-state index contributed by atoms with van der Waals surface area (Å²) in [5.74, 6) is 0.0457. The van der Waals surface area contributed by atoms with Crippen LogP contribution in [0.2, 0.25) is 0 Å². The van der Waals surface area contributed by atoms with E-state index >= 15 is 0 Å². The van der Waals surface area contributed by atoms with Crippen molar-refractivity contribution in [1.82, 2.24) is 10.6 Å². The van der Waals surface area contributed by atoms with Gasteiger partial charge in [-0.05, 0) is 48.9 Å². The molecule has 1 saturated carbocycles. The molecule has 0 heterocycles. The van der Waals surface area contributed by atoms with E-state index in [2.05, 4.69) is 20.9 Å². The number of rotatable bonds is 8. The summed E-state index contributed by atoms with van der Waals surface area (Å²) >= 11 is 0. The summed E-state index contributed by atoms with van der Waals surface area (Å²) in [5.41, 5.74) is 0.827. The SMILES string of the molecule is CN=C(NCC(=O)Nc1ccc(F)cc1)NCC1(CCOC)CCC1. The van der Waals surface area contributed by atoms with E-state index < -0.39 is 0 Å². The minimum absolute atomic E-state index is 0.0854. The average Bonchev–Trinajstić information content (AvgIpc) is 2.58. The molecule has 1 aliphatic rings. The fraction of sp³-hybridized carbons (Fsp3) is 0.556. The number of carbonyl (C=O) groups is 1. The Labute approximate surface area is 148 Å². The summed E-state index contributed by atoms with van der Waals surface area (Å²) in [7, 11) is 3.40. The molecule has 0 atom stereocenters. The second-order valence-electron chi connectivity index (χ2n) is 6.43. The Morgan fingerprint density at radius 3 is 2.56 bits per heavy atom. The molecule has 1 aromatic carbocycles. The first-order valence-corrected chi connectivity index (χ1v) is 8.56. The molecule has 6 nitrogen and oxygen atoms in total. The first-order valence-electron chi connectivity index (χ1n) is 8.56. The maximum Gasteiger partial charge on any atom is 0.243 e. The Hall–Kier alpha value is -2.15. The maximum absolute atomic E-state index is 12.9. The van der Waals surface area contributed by atoms with Crippen molar-refractivity contribution in [2.24, 2.45) is 10.4 Å². The van der Waals surface area contributed by atoms with Crippen molar-refractivity contribution in [3.05, 3.63) is 30.1 Å². The fourth-order valence-corrected chi connectivity index (χ4v) is 2.90. The van der Waals surface area contributed by atoms with Crippen LogP contribution in [0.5, 0.6) is 0 Å². The van der Waals surface area contributed by atoms with Crippen molar-refractivity contribution in [1.29, 1.82) is 0 Å². The second kappa shape index (κ2) is 9.36. The number of anilines is 1. The van der Waals surface area contributed by atoms with Gasteiger partial charge in [0.05, 0.1) is 6.54 Å². The third-order valence-electron chi connectivity index (χ3n) is 4.65. The molecule has 0 bridgehead atoms. The normalized spacial score (nSPS) is 16.0. The zero-order valence-electron chi connectivity index (χ0n) is 14.9. The van der Waals surface area contributed by atoms with Gasteiger partial charge in [0.25, 0.3) is 0 Å². The zero-order chi connectivity index (χ0) is 18.1. The number of halogens is 1. The quantitative estimate of drug-likeness (QED) is 0.496. The molecule has 0 spiro atoms. The Morgan fingerprint density at radius 2 is 2.00 bits per heavy atom.